The molecule has 1 aromatic heterocycles. The molecule has 3 heterocycles. The Kier molecular flexibility index (Phi) is 6.45. The topological polar surface area (TPSA) is 67.5 Å². The Balaban J connectivity index is 1.43. The van der Waals surface area contributed by atoms with Crippen LogP contribution in [-0.4, -0.2) is 65.7 Å². The van der Waals surface area contributed by atoms with E-state index in [-0.39, 0.29) is 47.5 Å². The van der Waals surface area contributed by atoms with Crippen molar-refractivity contribution in [2.45, 2.75) is 37.6 Å². The van der Waals surface area contributed by atoms with Gasteiger partial charge in [0.2, 0.25) is 0 Å². The maximum Gasteiger partial charge on any atom is 0.418 e. The number of likely N-dealkylation sites (tertiary alicyclic amines) is 1. The first-order chi connectivity index (χ1) is 14.8. The number of carbonyl (C=O) groups is 1. The molecule has 0 bridgehead atoms. The molecule has 2 aromatic rings. The minimum atomic E-state index is -4.50. The van der Waals surface area contributed by atoms with Crippen LogP contribution in [0.3, 0.4) is 0 Å². The van der Waals surface area contributed by atoms with Crippen molar-refractivity contribution in [3.63, 3.8) is 0 Å². The van der Waals surface area contributed by atoms with E-state index in [1.807, 2.05) is 0 Å². The molecule has 2 fully saturated rings. The number of carbonyl (C=O) groups excluding carboxylic acids is 1. The van der Waals surface area contributed by atoms with Crippen LogP contribution in [0.25, 0.3) is 11.0 Å². The van der Waals surface area contributed by atoms with Gasteiger partial charge in [-0.2, -0.15) is 13.2 Å². The van der Waals surface area contributed by atoms with Crippen LogP contribution in [0.4, 0.5) is 13.2 Å². The lowest BCUT2D eigenvalue weighted by Gasteiger charge is -2.21. The van der Waals surface area contributed by atoms with Crippen LogP contribution in [-0.2, 0) is 26.9 Å². The average Bonchev–Trinajstić information content (AvgIpc) is 3.44. The van der Waals surface area contributed by atoms with Crippen LogP contribution in [0.15, 0.2) is 30.9 Å². The van der Waals surface area contributed by atoms with E-state index in [9.17, 15) is 18.0 Å². The van der Waals surface area contributed by atoms with E-state index in [2.05, 4.69) is 21.4 Å². The smallest absolute Gasteiger partial charge is 0.380 e. The SMILES string of the molecule is C=CCO[C@H]1CN(C2CCOC2)CC1CC(=O)Cc1nc2c(C(F)(F)F)cccc2[nH]1. The number of hydrogen-bond donors (Lipinski definition) is 1. The lowest BCUT2D eigenvalue weighted by molar-refractivity contribution is -0.136. The van der Waals surface area contributed by atoms with Gasteiger partial charge in [-0.25, -0.2) is 4.98 Å². The summed E-state index contributed by atoms with van der Waals surface area (Å²) < 4.78 is 51.0. The van der Waals surface area contributed by atoms with Gasteiger partial charge in [-0.15, -0.1) is 6.58 Å². The first-order valence-electron chi connectivity index (χ1n) is 10.5. The van der Waals surface area contributed by atoms with E-state index in [0.717, 1.165) is 32.2 Å². The van der Waals surface area contributed by atoms with Crippen LogP contribution in [0, 0.1) is 5.92 Å². The molecule has 2 unspecified atom stereocenters. The van der Waals surface area contributed by atoms with E-state index in [4.69, 9.17) is 9.47 Å². The van der Waals surface area contributed by atoms with Crippen LogP contribution in [0.1, 0.15) is 24.2 Å². The largest absolute Gasteiger partial charge is 0.418 e. The Hall–Kier alpha value is -2.23. The molecular weight excluding hydrogens is 411 g/mol. The van der Waals surface area contributed by atoms with Crippen LogP contribution >= 0.6 is 0 Å². The number of Topliss-reactive ketones (excluding diaryl/α,β-unsaturated/α-hetero) is 1. The number of nitrogens with one attached hydrogen (secondary N) is 1. The highest BCUT2D eigenvalue weighted by Gasteiger charge is 2.39. The second-order valence-corrected chi connectivity index (χ2v) is 8.19. The molecule has 0 spiro atoms. The first-order valence-corrected chi connectivity index (χ1v) is 10.5. The van der Waals surface area contributed by atoms with E-state index in [1.165, 1.54) is 12.1 Å². The normalized spacial score (nSPS) is 24.8. The van der Waals surface area contributed by atoms with Crippen molar-refractivity contribution in [2.75, 3.05) is 32.9 Å². The van der Waals surface area contributed by atoms with Gasteiger partial charge >= 0.3 is 6.18 Å². The van der Waals surface area contributed by atoms with E-state index in [0.29, 0.717) is 19.3 Å². The van der Waals surface area contributed by atoms with Gasteiger partial charge in [-0.05, 0) is 18.6 Å². The Labute approximate surface area is 178 Å². The Morgan fingerprint density at radius 2 is 2.23 bits per heavy atom. The predicted octanol–water partition coefficient (Wildman–Crippen LogP) is 3.38. The molecule has 1 N–H and O–H groups in total. The zero-order chi connectivity index (χ0) is 22.0. The maximum absolute atomic E-state index is 13.2. The molecule has 2 aliphatic heterocycles. The predicted molar refractivity (Wildman–Crippen MR) is 109 cm³/mol. The fourth-order valence-corrected chi connectivity index (χ4v) is 4.51. The zero-order valence-corrected chi connectivity index (χ0v) is 17.2. The van der Waals surface area contributed by atoms with Crippen molar-refractivity contribution < 1.29 is 27.4 Å². The number of halogens is 3. The van der Waals surface area contributed by atoms with Crippen LogP contribution in [0.2, 0.25) is 0 Å². The molecule has 0 radical (unpaired) electrons. The minimum absolute atomic E-state index is 0.0168. The van der Waals surface area contributed by atoms with E-state index < -0.39 is 11.7 Å². The molecule has 1 aromatic carbocycles. The minimum Gasteiger partial charge on any atom is -0.380 e. The summed E-state index contributed by atoms with van der Waals surface area (Å²) in [4.78, 5) is 22.0. The van der Waals surface area contributed by atoms with Gasteiger partial charge in [0.1, 0.15) is 17.1 Å². The van der Waals surface area contributed by atoms with E-state index in [1.54, 1.807) is 6.08 Å². The second-order valence-electron chi connectivity index (χ2n) is 8.19. The number of hydrogen-bond acceptors (Lipinski definition) is 5. The molecule has 9 heteroatoms. The molecule has 31 heavy (non-hydrogen) atoms. The molecular formula is C22H26F3N3O3. The number of para-hydroxylation sites is 1. The van der Waals surface area contributed by atoms with Gasteiger partial charge in [0.05, 0.1) is 36.8 Å². The molecule has 0 saturated carbocycles. The van der Waals surface area contributed by atoms with Gasteiger partial charge in [0.25, 0.3) is 0 Å². The highest BCUT2D eigenvalue weighted by molar-refractivity contribution is 5.83. The van der Waals surface area contributed by atoms with Crippen LogP contribution in [0.5, 0.6) is 0 Å². The maximum atomic E-state index is 13.2. The summed E-state index contributed by atoms with van der Waals surface area (Å²) in [6, 6.07) is 4.20. The molecule has 3 atom stereocenters. The Bertz CT molecular complexity index is 937. The number of nitrogens with zero attached hydrogens (tertiary/aromatic N) is 2. The fraction of sp³-hybridized carbons (Fsp3) is 0.545. The second kappa shape index (κ2) is 9.10. The highest BCUT2D eigenvalue weighted by atomic mass is 19.4. The van der Waals surface area contributed by atoms with Gasteiger partial charge in [0.15, 0.2) is 0 Å². The lowest BCUT2D eigenvalue weighted by atomic mass is 9.97. The van der Waals surface area contributed by atoms with Gasteiger partial charge < -0.3 is 14.5 Å². The fourth-order valence-electron chi connectivity index (χ4n) is 4.51. The Morgan fingerprint density at radius 3 is 2.94 bits per heavy atom. The molecule has 0 amide bonds. The zero-order valence-electron chi connectivity index (χ0n) is 17.2. The first kappa shape index (κ1) is 22.0. The summed E-state index contributed by atoms with van der Waals surface area (Å²) in [5, 5.41) is 0. The highest BCUT2D eigenvalue weighted by Crippen LogP contribution is 2.34. The number of alkyl halides is 3. The third-order valence-corrected chi connectivity index (χ3v) is 5.98. The van der Waals surface area contributed by atoms with Crippen molar-refractivity contribution in [1.29, 1.82) is 0 Å². The monoisotopic (exact) mass is 437 g/mol. The molecule has 2 aliphatic rings. The number of rotatable bonds is 8. The molecule has 2 saturated heterocycles. The van der Waals surface area contributed by atoms with Crippen molar-refractivity contribution in [3.05, 3.63) is 42.2 Å². The summed E-state index contributed by atoms with van der Waals surface area (Å²) in [6.45, 7) is 7.00. The third kappa shape index (κ3) is 4.99. The quantitative estimate of drug-likeness (QED) is 0.642. The van der Waals surface area contributed by atoms with Crippen molar-refractivity contribution >= 4 is 16.8 Å². The summed E-state index contributed by atoms with van der Waals surface area (Å²) in [5.74, 6) is 0.191. The summed E-state index contributed by atoms with van der Waals surface area (Å²) in [5.41, 5.74) is -0.681. The number of aromatic nitrogens is 2. The van der Waals surface area contributed by atoms with Crippen molar-refractivity contribution in [3.8, 4) is 0 Å². The Morgan fingerprint density at radius 1 is 1.39 bits per heavy atom. The standard InChI is InChI=1S/C22H26F3N3O3/c1-2-7-31-19-12-28(15-6-8-30-13-15)11-14(19)9-16(29)10-20-26-18-5-3-4-17(21(18)27-20)22(23,24)25/h2-5,14-15,19H,1,6-13H2,(H,26,27)/t14?,15?,19-/m0/s1. The number of aromatic amines is 1. The summed E-state index contributed by atoms with van der Waals surface area (Å²) in [7, 11) is 0. The van der Waals surface area contributed by atoms with Gasteiger partial charge in [0, 0.05) is 38.1 Å². The van der Waals surface area contributed by atoms with Gasteiger partial charge in [-0.3, -0.25) is 9.69 Å². The number of ketones is 1. The lowest BCUT2D eigenvalue weighted by Crippen LogP contribution is -2.34. The number of benzene rings is 1. The molecule has 6 nitrogen and oxygen atoms in total. The number of ether oxygens (including phenoxy) is 2. The average molecular weight is 437 g/mol. The van der Waals surface area contributed by atoms with Crippen molar-refractivity contribution in [1.82, 2.24) is 14.9 Å². The van der Waals surface area contributed by atoms with Crippen LogP contribution < -0.4 is 0 Å². The summed E-state index contributed by atoms with van der Waals surface area (Å²) in [6.07, 6.45) is -1.68. The number of fused-ring (bicyclic) bond motifs is 1. The molecule has 4 rings (SSSR count). The third-order valence-electron chi connectivity index (χ3n) is 5.98. The van der Waals surface area contributed by atoms with E-state index >= 15 is 0 Å². The molecule has 168 valence electrons. The van der Waals surface area contributed by atoms with Gasteiger partial charge in [-0.1, -0.05) is 12.1 Å². The van der Waals surface area contributed by atoms with Crippen molar-refractivity contribution in [2.24, 2.45) is 5.92 Å². The number of H-pyrrole nitrogens is 1. The molecule has 0 aliphatic carbocycles. The number of imidazole rings is 1. The summed E-state index contributed by atoms with van der Waals surface area (Å²) >= 11 is 0.